The first-order valence-electron chi connectivity index (χ1n) is 5.61. The van der Waals surface area contributed by atoms with E-state index in [2.05, 4.69) is 43.4 Å². The summed E-state index contributed by atoms with van der Waals surface area (Å²) in [5.41, 5.74) is 3.02. The number of fused-ring (bicyclic) bond motifs is 1. The van der Waals surface area contributed by atoms with Gasteiger partial charge in [-0.05, 0) is 23.5 Å². The summed E-state index contributed by atoms with van der Waals surface area (Å²) in [6, 6.07) is 9.46. The second kappa shape index (κ2) is 4.14. The average Bonchev–Trinajstić information content (AvgIpc) is 2.27. The van der Waals surface area contributed by atoms with Crippen LogP contribution in [0.1, 0.15) is 31.4 Å². The van der Waals surface area contributed by atoms with E-state index in [1.54, 1.807) is 0 Å². The Bertz CT molecular complexity index is 306. The zero-order valence-electron chi connectivity index (χ0n) is 9.09. The normalized spacial score (nSPS) is 22.9. The molecule has 0 bridgehead atoms. The maximum Gasteiger partial charge on any atom is 0.0211 e. The van der Waals surface area contributed by atoms with Gasteiger partial charge in [-0.1, -0.05) is 44.5 Å². The Morgan fingerprint density at radius 3 is 2.79 bits per heavy atom. The molecule has 2 unspecified atom stereocenters. The first-order chi connectivity index (χ1) is 6.81. The predicted octanol–water partition coefficient (Wildman–Crippen LogP) is 2.75. The number of hydrogen-bond donors (Lipinski definition) is 1. The molecule has 1 aromatic rings. The Morgan fingerprint density at radius 1 is 1.36 bits per heavy atom. The van der Waals surface area contributed by atoms with Gasteiger partial charge < -0.3 is 5.32 Å². The fourth-order valence-corrected chi connectivity index (χ4v) is 2.17. The summed E-state index contributed by atoms with van der Waals surface area (Å²) >= 11 is 0. The lowest BCUT2D eigenvalue weighted by atomic mass is 9.88. The lowest BCUT2D eigenvalue weighted by Gasteiger charge is -2.30. The molecule has 0 saturated heterocycles. The van der Waals surface area contributed by atoms with Crippen molar-refractivity contribution >= 4 is 0 Å². The molecule has 2 rings (SSSR count). The second-order valence-corrected chi connectivity index (χ2v) is 4.35. The molecule has 0 fully saturated rings. The first-order valence-corrected chi connectivity index (χ1v) is 5.61. The van der Waals surface area contributed by atoms with E-state index in [1.165, 1.54) is 24.0 Å². The van der Waals surface area contributed by atoms with Crippen LogP contribution in [0.2, 0.25) is 0 Å². The fraction of sp³-hybridized carbons (Fsp3) is 0.538. The van der Waals surface area contributed by atoms with Crippen LogP contribution in [-0.4, -0.2) is 6.04 Å². The zero-order valence-corrected chi connectivity index (χ0v) is 9.09. The lowest BCUT2D eigenvalue weighted by Crippen LogP contribution is -2.40. The number of rotatable bonds is 2. The highest BCUT2D eigenvalue weighted by molar-refractivity contribution is 5.29. The molecule has 1 nitrogen and oxygen atoms in total. The summed E-state index contributed by atoms with van der Waals surface area (Å²) in [5, 5.41) is 3.63. The largest absolute Gasteiger partial charge is 0.309 e. The van der Waals surface area contributed by atoms with Crippen molar-refractivity contribution in [3.8, 4) is 0 Å². The van der Waals surface area contributed by atoms with Gasteiger partial charge in [-0.25, -0.2) is 0 Å². The standard InChI is InChI=1S/C13H19N/c1-3-10(2)13-8-11-6-4-5-7-12(11)9-14-13/h4-7,10,13-14H,3,8-9H2,1-2H3. The molecule has 1 N–H and O–H groups in total. The number of hydrogen-bond acceptors (Lipinski definition) is 1. The van der Waals surface area contributed by atoms with Gasteiger partial charge in [0.2, 0.25) is 0 Å². The van der Waals surface area contributed by atoms with Crippen molar-refractivity contribution in [1.29, 1.82) is 0 Å². The number of benzene rings is 1. The summed E-state index contributed by atoms with van der Waals surface area (Å²) in [6.07, 6.45) is 2.46. The van der Waals surface area contributed by atoms with E-state index in [0.717, 1.165) is 12.5 Å². The maximum atomic E-state index is 3.63. The van der Waals surface area contributed by atoms with Gasteiger partial charge >= 0.3 is 0 Å². The summed E-state index contributed by atoms with van der Waals surface area (Å²) < 4.78 is 0. The fourth-order valence-electron chi connectivity index (χ4n) is 2.17. The summed E-state index contributed by atoms with van der Waals surface area (Å²) in [6.45, 7) is 5.66. The summed E-state index contributed by atoms with van der Waals surface area (Å²) in [4.78, 5) is 0. The predicted molar refractivity (Wildman–Crippen MR) is 60.2 cm³/mol. The molecule has 1 heterocycles. The molecule has 0 aliphatic carbocycles. The van der Waals surface area contributed by atoms with E-state index >= 15 is 0 Å². The Labute approximate surface area is 86.5 Å². The monoisotopic (exact) mass is 189 g/mol. The van der Waals surface area contributed by atoms with E-state index in [9.17, 15) is 0 Å². The Balaban J connectivity index is 2.13. The van der Waals surface area contributed by atoms with Crippen LogP contribution in [-0.2, 0) is 13.0 Å². The van der Waals surface area contributed by atoms with Gasteiger partial charge in [-0.15, -0.1) is 0 Å². The van der Waals surface area contributed by atoms with E-state index in [0.29, 0.717) is 6.04 Å². The molecule has 0 saturated carbocycles. The van der Waals surface area contributed by atoms with E-state index in [4.69, 9.17) is 0 Å². The lowest BCUT2D eigenvalue weighted by molar-refractivity contribution is 0.348. The van der Waals surface area contributed by atoms with Gasteiger partial charge in [0.15, 0.2) is 0 Å². The Kier molecular flexibility index (Phi) is 2.87. The second-order valence-electron chi connectivity index (χ2n) is 4.35. The third-order valence-electron chi connectivity index (χ3n) is 3.44. The van der Waals surface area contributed by atoms with Crippen molar-refractivity contribution < 1.29 is 0 Å². The molecule has 14 heavy (non-hydrogen) atoms. The third kappa shape index (κ3) is 1.83. The van der Waals surface area contributed by atoms with Gasteiger partial charge in [-0.3, -0.25) is 0 Å². The van der Waals surface area contributed by atoms with Crippen LogP contribution in [0.3, 0.4) is 0 Å². The molecule has 1 heteroatoms. The van der Waals surface area contributed by atoms with Gasteiger partial charge in [0.05, 0.1) is 0 Å². The minimum absolute atomic E-state index is 0.676. The Morgan fingerprint density at radius 2 is 2.07 bits per heavy atom. The van der Waals surface area contributed by atoms with Gasteiger partial charge in [0.25, 0.3) is 0 Å². The third-order valence-corrected chi connectivity index (χ3v) is 3.44. The molecule has 0 amide bonds. The topological polar surface area (TPSA) is 12.0 Å². The van der Waals surface area contributed by atoms with E-state index < -0.39 is 0 Å². The van der Waals surface area contributed by atoms with Gasteiger partial charge in [0, 0.05) is 12.6 Å². The molecular formula is C13H19N. The molecule has 1 aromatic carbocycles. The van der Waals surface area contributed by atoms with E-state index in [-0.39, 0.29) is 0 Å². The Hall–Kier alpha value is -0.820. The van der Waals surface area contributed by atoms with Gasteiger partial charge in [0.1, 0.15) is 0 Å². The quantitative estimate of drug-likeness (QED) is 0.754. The smallest absolute Gasteiger partial charge is 0.0211 e. The molecule has 0 spiro atoms. The first kappa shape index (κ1) is 9.72. The number of nitrogens with one attached hydrogen (secondary N) is 1. The van der Waals surface area contributed by atoms with Crippen molar-refractivity contribution in [2.45, 2.75) is 39.3 Å². The highest BCUT2D eigenvalue weighted by Crippen LogP contribution is 2.21. The van der Waals surface area contributed by atoms with Crippen molar-refractivity contribution in [2.75, 3.05) is 0 Å². The van der Waals surface area contributed by atoms with Crippen LogP contribution in [0, 0.1) is 5.92 Å². The molecular weight excluding hydrogens is 170 g/mol. The van der Waals surface area contributed by atoms with Crippen LogP contribution >= 0.6 is 0 Å². The summed E-state index contributed by atoms with van der Waals surface area (Å²) in [5.74, 6) is 0.781. The zero-order chi connectivity index (χ0) is 9.97. The molecule has 76 valence electrons. The summed E-state index contributed by atoms with van der Waals surface area (Å²) in [7, 11) is 0. The van der Waals surface area contributed by atoms with Crippen molar-refractivity contribution in [3.63, 3.8) is 0 Å². The molecule has 1 aliphatic rings. The highest BCUT2D eigenvalue weighted by Gasteiger charge is 2.21. The van der Waals surface area contributed by atoms with Crippen molar-refractivity contribution in [2.24, 2.45) is 5.92 Å². The minimum Gasteiger partial charge on any atom is -0.309 e. The van der Waals surface area contributed by atoms with Crippen LogP contribution in [0.4, 0.5) is 0 Å². The SMILES string of the molecule is CCC(C)C1Cc2ccccc2CN1. The molecule has 2 atom stereocenters. The van der Waals surface area contributed by atoms with Crippen LogP contribution in [0.25, 0.3) is 0 Å². The van der Waals surface area contributed by atoms with Gasteiger partial charge in [-0.2, -0.15) is 0 Å². The highest BCUT2D eigenvalue weighted by atomic mass is 14.9. The van der Waals surface area contributed by atoms with E-state index in [1.807, 2.05) is 0 Å². The molecule has 0 radical (unpaired) electrons. The molecule has 0 aromatic heterocycles. The minimum atomic E-state index is 0.676. The van der Waals surface area contributed by atoms with Crippen LogP contribution < -0.4 is 5.32 Å². The van der Waals surface area contributed by atoms with Crippen molar-refractivity contribution in [3.05, 3.63) is 35.4 Å². The van der Waals surface area contributed by atoms with Crippen LogP contribution in [0.5, 0.6) is 0 Å². The molecule has 1 aliphatic heterocycles. The average molecular weight is 189 g/mol. The maximum absolute atomic E-state index is 3.63. The van der Waals surface area contributed by atoms with Crippen molar-refractivity contribution in [1.82, 2.24) is 5.32 Å². The van der Waals surface area contributed by atoms with Crippen LogP contribution in [0.15, 0.2) is 24.3 Å².